The second-order valence-electron chi connectivity index (χ2n) is 3.19. The molecule has 0 N–H and O–H groups in total. The van der Waals surface area contributed by atoms with Gasteiger partial charge in [0.2, 0.25) is 0 Å². The van der Waals surface area contributed by atoms with Crippen LogP contribution in [0.25, 0.3) is 0 Å². The van der Waals surface area contributed by atoms with Crippen LogP contribution in [0.5, 0.6) is 0 Å². The second-order valence-corrected chi connectivity index (χ2v) is 3.19. The SMILES string of the molecule is C#CCC[C@@H]1COC(C)(C)O1. The molecule has 1 heterocycles. The van der Waals surface area contributed by atoms with Gasteiger partial charge in [0.05, 0.1) is 12.7 Å². The Morgan fingerprint density at radius 1 is 1.64 bits per heavy atom. The van der Waals surface area contributed by atoms with E-state index in [9.17, 15) is 0 Å². The quantitative estimate of drug-likeness (QED) is 0.562. The topological polar surface area (TPSA) is 18.5 Å². The summed E-state index contributed by atoms with van der Waals surface area (Å²) in [5.74, 6) is 2.18. The molecule has 0 spiro atoms. The number of terminal acetylenes is 1. The van der Waals surface area contributed by atoms with Crippen molar-refractivity contribution in [2.75, 3.05) is 6.61 Å². The highest BCUT2D eigenvalue weighted by Gasteiger charge is 2.31. The molecule has 1 aliphatic rings. The van der Waals surface area contributed by atoms with Gasteiger partial charge >= 0.3 is 0 Å². The first-order valence-corrected chi connectivity index (χ1v) is 3.89. The summed E-state index contributed by atoms with van der Waals surface area (Å²) in [6.45, 7) is 4.51. The highest BCUT2D eigenvalue weighted by Crippen LogP contribution is 2.24. The van der Waals surface area contributed by atoms with Gasteiger partial charge in [0.15, 0.2) is 5.79 Å². The maximum Gasteiger partial charge on any atom is 0.163 e. The lowest BCUT2D eigenvalue weighted by Gasteiger charge is -2.16. The molecule has 1 atom stereocenters. The molecule has 11 heavy (non-hydrogen) atoms. The standard InChI is InChI=1S/C9H14O2/c1-4-5-6-8-7-10-9(2,3)11-8/h1,8H,5-7H2,2-3H3/t8-/m1/s1. The summed E-state index contributed by atoms with van der Waals surface area (Å²) in [4.78, 5) is 0. The molecule has 62 valence electrons. The lowest BCUT2D eigenvalue weighted by molar-refractivity contribution is -0.138. The monoisotopic (exact) mass is 154 g/mol. The third kappa shape index (κ3) is 2.53. The third-order valence-electron chi connectivity index (χ3n) is 1.68. The van der Waals surface area contributed by atoms with E-state index in [2.05, 4.69) is 5.92 Å². The van der Waals surface area contributed by atoms with Gasteiger partial charge in [-0.3, -0.25) is 0 Å². The Morgan fingerprint density at radius 2 is 2.36 bits per heavy atom. The predicted molar refractivity (Wildman–Crippen MR) is 43.0 cm³/mol. The minimum atomic E-state index is -0.404. The van der Waals surface area contributed by atoms with Crippen LogP contribution in [0, 0.1) is 12.3 Å². The summed E-state index contributed by atoms with van der Waals surface area (Å²) in [5, 5.41) is 0. The molecule has 2 heteroatoms. The molecule has 1 rings (SSSR count). The van der Waals surface area contributed by atoms with E-state index < -0.39 is 5.79 Å². The van der Waals surface area contributed by atoms with Gasteiger partial charge in [-0.05, 0) is 20.3 Å². The van der Waals surface area contributed by atoms with Crippen molar-refractivity contribution in [1.29, 1.82) is 0 Å². The largest absolute Gasteiger partial charge is 0.348 e. The van der Waals surface area contributed by atoms with Crippen molar-refractivity contribution in [2.24, 2.45) is 0 Å². The summed E-state index contributed by atoms with van der Waals surface area (Å²) >= 11 is 0. The molecule has 2 nitrogen and oxygen atoms in total. The van der Waals surface area contributed by atoms with E-state index in [1.54, 1.807) is 0 Å². The molecule has 0 amide bonds. The Labute approximate surface area is 67.9 Å². The van der Waals surface area contributed by atoms with Crippen LogP contribution in [0.4, 0.5) is 0 Å². The Hall–Kier alpha value is -0.520. The molecule has 0 radical (unpaired) electrons. The van der Waals surface area contributed by atoms with Gasteiger partial charge < -0.3 is 9.47 Å². The van der Waals surface area contributed by atoms with E-state index in [1.807, 2.05) is 13.8 Å². The van der Waals surface area contributed by atoms with Crippen LogP contribution in [-0.2, 0) is 9.47 Å². The summed E-state index contributed by atoms with van der Waals surface area (Å²) in [5.41, 5.74) is 0. The van der Waals surface area contributed by atoms with Crippen LogP contribution in [0.3, 0.4) is 0 Å². The first-order chi connectivity index (χ1) is 5.14. The minimum absolute atomic E-state index is 0.195. The lowest BCUT2D eigenvalue weighted by atomic mass is 10.2. The highest BCUT2D eigenvalue weighted by atomic mass is 16.7. The van der Waals surface area contributed by atoms with Crippen molar-refractivity contribution in [3.8, 4) is 12.3 Å². The normalized spacial score (nSPS) is 28.3. The Bertz CT molecular complexity index is 167. The van der Waals surface area contributed by atoms with Crippen LogP contribution in [0.1, 0.15) is 26.7 Å². The number of ether oxygens (including phenoxy) is 2. The zero-order chi connectivity index (χ0) is 8.32. The Morgan fingerprint density at radius 3 is 2.82 bits per heavy atom. The highest BCUT2D eigenvalue weighted by molar-refractivity contribution is 4.85. The fraction of sp³-hybridized carbons (Fsp3) is 0.778. The fourth-order valence-electron chi connectivity index (χ4n) is 1.15. The zero-order valence-electron chi connectivity index (χ0n) is 7.09. The first kappa shape index (κ1) is 8.58. The molecule has 0 saturated carbocycles. The average molecular weight is 154 g/mol. The molecule has 0 unspecified atom stereocenters. The van der Waals surface area contributed by atoms with Gasteiger partial charge in [-0.1, -0.05) is 0 Å². The van der Waals surface area contributed by atoms with Gasteiger partial charge in [0, 0.05) is 6.42 Å². The first-order valence-electron chi connectivity index (χ1n) is 3.89. The molecule has 0 bridgehead atoms. The number of hydrogen-bond acceptors (Lipinski definition) is 2. The van der Waals surface area contributed by atoms with Crippen molar-refractivity contribution in [1.82, 2.24) is 0 Å². The second kappa shape index (κ2) is 3.25. The molecule has 0 aromatic carbocycles. The van der Waals surface area contributed by atoms with Crippen molar-refractivity contribution in [3.63, 3.8) is 0 Å². The summed E-state index contributed by atoms with van der Waals surface area (Å²) in [7, 11) is 0. The summed E-state index contributed by atoms with van der Waals surface area (Å²) in [6.07, 6.45) is 6.99. The van der Waals surface area contributed by atoms with E-state index in [0.29, 0.717) is 6.61 Å². The molecule has 1 fully saturated rings. The molecule has 0 aromatic heterocycles. The van der Waals surface area contributed by atoms with Crippen LogP contribution in [0.2, 0.25) is 0 Å². The zero-order valence-corrected chi connectivity index (χ0v) is 7.09. The van der Waals surface area contributed by atoms with Gasteiger partial charge in [-0.25, -0.2) is 0 Å². The third-order valence-corrected chi connectivity index (χ3v) is 1.68. The minimum Gasteiger partial charge on any atom is -0.348 e. The number of rotatable bonds is 2. The van der Waals surface area contributed by atoms with Gasteiger partial charge in [-0.15, -0.1) is 12.3 Å². The molecule has 1 saturated heterocycles. The van der Waals surface area contributed by atoms with E-state index in [4.69, 9.17) is 15.9 Å². The maximum atomic E-state index is 5.53. The van der Waals surface area contributed by atoms with Crippen molar-refractivity contribution in [2.45, 2.75) is 38.6 Å². The van der Waals surface area contributed by atoms with E-state index in [-0.39, 0.29) is 6.10 Å². The number of hydrogen-bond donors (Lipinski definition) is 0. The average Bonchev–Trinajstić information content (AvgIpc) is 2.26. The summed E-state index contributed by atoms with van der Waals surface area (Å²) < 4.78 is 10.9. The predicted octanol–water partition coefficient (Wildman–Crippen LogP) is 1.55. The van der Waals surface area contributed by atoms with E-state index in [0.717, 1.165) is 12.8 Å². The maximum absolute atomic E-state index is 5.53. The molecule has 0 aliphatic carbocycles. The van der Waals surface area contributed by atoms with Crippen LogP contribution in [-0.4, -0.2) is 18.5 Å². The molecule has 1 aliphatic heterocycles. The van der Waals surface area contributed by atoms with Crippen molar-refractivity contribution < 1.29 is 9.47 Å². The van der Waals surface area contributed by atoms with E-state index >= 15 is 0 Å². The molecular formula is C9H14O2. The molecule has 0 aromatic rings. The van der Waals surface area contributed by atoms with Gasteiger partial charge in [-0.2, -0.15) is 0 Å². The van der Waals surface area contributed by atoms with E-state index in [1.165, 1.54) is 0 Å². The van der Waals surface area contributed by atoms with Crippen LogP contribution >= 0.6 is 0 Å². The Kier molecular flexibility index (Phi) is 2.53. The van der Waals surface area contributed by atoms with Crippen molar-refractivity contribution in [3.05, 3.63) is 0 Å². The van der Waals surface area contributed by atoms with Gasteiger partial charge in [0.25, 0.3) is 0 Å². The van der Waals surface area contributed by atoms with Crippen molar-refractivity contribution >= 4 is 0 Å². The Balaban J connectivity index is 2.26. The fourth-order valence-corrected chi connectivity index (χ4v) is 1.15. The van der Waals surface area contributed by atoms with Crippen LogP contribution in [0.15, 0.2) is 0 Å². The smallest absolute Gasteiger partial charge is 0.163 e. The van der Waals surface area contributed by atoms with Gasteiger partial charge in [0.1, 0.15) is 0 Å². The van der Waals surface area contributed by atoms with Crippen LogP contribution < -0.4 is 0 Å². The summed E-state index contributed by atoms with van der Waals surface area (Å²) in [6, 6.07) is 0. The lowest BCUT2D eigenvalue weighted by Crippen LogP contribution is -2.21. The molecular weight excluding hydrogens is 140 g/mol.